The van der Waals surface area contributed by atoms with E-state index in [-0.39, 0.29) is 0 Å². The molecular weight excluding hydrogens is 154 g/mol. The van der Waals surface area contributed by atoms with Gasteiger partial charge >= 0.3 is 0 Å². The van der Waals surface area contributed by atoms with Crippen molar-refractivity contribution in [2.24, 2.45) is 5.90 Å². The lowest BCUT2D eigenvalue weighted by atomic mass is 10.3. The zero-order chi connectivity index (χ0) is 8.41. The number of hydrogen-bond donors (Lipinski definition) is 3. The van der Waals surface area contributed by atoms with Crippen molar-refractivity contribution in [3.8, 4) is 0 Å². The first-order valence-electron chi connectivity index (χ1n) is 3.15. The topological polar surface area (TPSA) is 80.4 Å². The molecule has 10 heavy (non-hydrogen) atoms. The van der Waals surface area contributed by atoms with Crippen molar-refractivity contribution >= 4 is 10.7 Å². The summed E-state index contributed by atoms with van der Waals surface area (Å²) in [7, 11) is -2.11. The molecule has 4 nitrogen and oxygen atoms in total. The lowest BCUT2D eigenvalue weighted by Crippen LogP contribution is -1.85. The number of thiol groups is 1. The molecule has 0 heterocycles. The highest BCUT2D eigenvalue weighted by Crippen LogP contribution is 1.91. The minimum absolute atomic E-state index is 0.364. The van der Waals surface area contributed by atoms with E-state index in [2.05, 4.69) is 12.8 Å². The second-order valence-corrected chi connectivity index (χ2v) is 2.88. The summed E-state index contributed by atoms with van der Waals surface area (Å²) in [4.78, 5) is 0. The first-order chi connectivity index (χ1) is 4.77. The van der Waals surface area contributed by atoms with Crippen LogP contribution >= 0.6 is 0 Å². The minimum Gasteiger partial charge on any atom is -0.320 e. The average Bonchev–Trinajstić information content (AvgIpc) is 1.92. The quantitative estimate of drug-likeness (QED) is 0.317. The van der Waals surface area contributed by atoms with Crippen LogP contribution in [-0.4, -0.2) is 19.4 Å². The van der Waals surface area contributed by atoms with Gasteiger partial charge in [-0.2, -0.15) is 0 Å². The SMILES string of the molecule is CCCCC[SH](=O)=O.NO. The van der Waals surface area contributed by atoms with Crippen LogP contribution in [0.15, 0.2) is 0 Å². The third-order valence-electron chi connectivity index (χ3n) is 0.944. The van der Waals surface area contributed by atoms with Crippen molar-refractivity contribution in [1.82, 2.24) is 0 Å². The average molecular weight is 169 g/mol. The van der Waals surface area contributed by atoms with Gasteiger partial charge in [0.15, 0.2) is 0 Å². The summed E-state index contributed by atoms with van der Waals surface area (Å²) in [5.41, 5.74) is 0. The molecule has 0 atom stereocenters. The number of unbranched alkanes of at least 4 members (excludes halogenated alkanes) is 2. The largest absolute Gasteiger partial charge is 0.320 e. The number of rotatable bonds is 4. The number of hydrogen-bond acceptors (Lipinski definition) is 4. The Morgan fingerprint density at radius 3 is 2.10 bits per heavy atom. The molecule has 5 heteroatoms. The van der Waals surface area contributed by atoms with E-state index in [9.17, 15) is 8.42 Å². The fourth-order valence-electron chi connectivity index (χ4n) is 0.491. The summed E-state index contributed by atoms with van der Waals surface area (Å²) in [6, 6.07) is 0. The molecule has 0 unspecified atom stereocenters. The van der Waals surface area contributed by atoms with Gasteiger partial charge in [-0.05, 0) is 6.42 Å². The molecule has 0 rings (SSSR count). The zero-order valence-corrected chi connectivity index (χ0v) is 7.01. The van der Waals surface area contributed by atoms with Crippen LogP contribution in [0, 0.1) is 0 Å². The molecule has 0 aromatic carbocycles. The molecule has 0 aliphatic carbocycles. The summed E-state index contributed by atoms with van der Waals surface area (Å²) in [5.74, 6) is 3.86. The summed E-state index contributed by atoms with van der Waals surface area (Å²) < 4.78 is 19.8. The van der Waals surface area contributed by atoms with Gasteiger partial charge < -0.3 is 5.21 Å². The molecule has 0 bridgehead atoms. The highest BCUT2D eigenvalue weighted by Gasteiger charge is 1.85. The second-order valence-electron chi connectivity index (χ2n) is 1.76. The monoisotopic (exact) mass is 169 g/mol. The van der Waals surface area contributed by atoms with Crippen molar-refractivity contribution < 1.29 is 13.6 Å². The highest BCUT2D eigenvalue weighted by molar-refractivity contribution is 7.72. The Hall–Kier alpha value is -0.130. The summed E-state index contributed by atoms with van der Waals surface area (Å²) in [6.45, 7) is 2.05. The fraction of sp³-hybridized carbons (Fsp3) is 1.00. The third-order valence-corrected chi connectivity index (χ3v) is 1.63. The molecule has 0 saturated carbocycles. The first-order valence-corrected chi connectivity index (χ1v) is 4.51. The maximum absolute atomic E-state index is 9.91. The normalized spacial score (nSPS) is 8.80. The van der Waals surface area contributed by atoms with Crippen LogP contribution < -0.4 is 5.90 Å². The Morgan fingerprint density at radius 1 is 1.30 bits per heavy atom. The van der Waals surface area contributed by atoms with Gasteiger partial charge in [-0.3, -0.25) is 0 Å². The maximum Gasteiger partial charge on any atom is 0.140 e. The van der Waals surface area contributed by atoms with Gasteiger partial charge in [0, 0.05) is 5.75 Å². The van der Waals surface area contributed by atoms with Gasteiger partial charge in [0.2, 0.25) is 0 Å². The number of nitrogens with two attached hydrogens (primary N) is 1. The first kappa shape index (κ1) is 12.5. The summed E-state index contributed by atoms with van der Waals surface area (Å²) in [6.07, 6.45) is 2.95. The Bertz CT molecular complexity index is 105. The molecule has 0 aliphatic heterocycles. The van der Waals surface area contributed by atoms with E-state index in [1.807, 2.05) is 0 Å². The van der Waals surface area contributed by atoms with Gasteiger partial charge in [-0.1, -0.05) is 19.8 Å². The van der Waals surface area contributed by atoms with Gasteiger partial charge in [0.05, 0.1) is 0 Å². The molecule has 0 aromatic rings. The van der Waals surface area contributed by atoms with Gasteiger partial charge in [0.25, 0.3) is 0 Å². The highest BCUT2D eigenvalue weighted by atomic mass is 32.2. The molecule has 0 spiro atoms. The standard InChI is InChI=1S/C5H12O2S.H3NO/c1-2-3-4-5-8(6)7;1-2/h8H,2-5H2,1H3;2H,1H2. The molecule has 0 fully saturated rings. The third kappa shape index (κ3) is 15.7. The molecule has 0 saturated heterocycles. The predicted octanol–water partition coefficient (Wildman–Crippen LogP) is 0.122. The van der Waals surface area contributed by atoms with E-state index in [0.717, 1.165) is 19.3 Å². The van der Waals surface area contributed by atoms with Crippen LogP contribution in [0.4, 0.5) is 0 Å². The predicted molar refractivity (Wildman–Crippen MR) is 40.7 cm³/mol. The Balaban J connectivity index is 0. The molecule has 0 amide bonds. The molecule has 0 radical (unpaired) electrons. The molecule has 3 N–H and O–H groups in total. The van der Waals surface area contributed by atoms with Crippen molar-refractivity contribution in [2.45, 2.75) is 26.2 Å². The lowest BCUT2D eigenvalue weighted by molar-refractivity contribution is 0.311. The fourth-order valence-corrected chi connectivity index (χ4v) is 0.973. The van der Waals surface area contributed by atoms with E-state index in [0.29, 0.717) is 5.75 Å². The van der Waals surface area contributed by atoms with Crippen molar-refractivity contribution in [3.05, 3.63) is 0 Å². The molecule has 0 aromatic heterocycles. The molecule has 64 valence electrons. The Morgan fingerprint density at radius 2 is 1.80 bits per heavy atom. The van der Waals surface area contributed by atoms with E-state index in [1.165, 1.54) is 0 Å². The Kier molecular flexibility index (Phi) is 14.6. The Labute approximate surface area is 63.0 Å². The van der Waals surface area contributed by atoms with Crippen LogP contribution in [0.3, 0.4) is 0 Å². The van der Waals surface area contributed by atoms with E-state index in [4.69, 9.17) is 5.21 Å². The van der Waals surface area contributed by atoms with Crippen molar-refractivity contribution in [3.63, 3.8) is 0 Å². The second kappa shape index (κ2) is 11.6. The van der Waals surface area contributed by atoms with Crippen LogP contribution in [-0.2, 0) is 10.7 Å². The van der Waals surface area contributed by atoms with Gasteiger partial charge in [-0.15, -0.1) is 0 Å². The summed E-state index contributed by atoms with van der Waals surface area (Å²) in [5, 5.41) is 6.50. The summed E-state index contributed by atoms with van der Waals surface area (Å²) >= 11 is 0. The van der Waals surface area contributed by atoms with Crippen LogP contribution in [0.5, 0.6) is 0 Å². The van der Waals surface area contributed by atoms with Crippen LogP contribution in [0.1, 0.15) is 26.2 Å². The van der Waals surface area contributed by atoms with E-state index in [1.54, 1.807) is 0 Å². The molecule has 0 aliphatic rings. The smallest absolute Gasteiger partial charge is 0.140 e. The van der Waals surface area contributed by atoms with Crippen LogP contribution in [0.25, 0.3) is 0 Å². The van der Waals surface area contributed by atoms with Crippen molar-refractivity contribution in [2.75, 3.05) is 5.75 Å². The van der Waals surface area contributed by atoms with Gasteiger partial charge in [0.1, 0.15) is 10.7 Å². The molecular formula is C5H15NO3S. The van der Waals surface area contributed by atoms with Gasteiger partial charge in [-0.25, -0.2) is 14.3 Å². The zero-order valence-electron chi connectivity index (χ0n) is 6.12. The van der Waals surface area contributed by atoms with E-state index >= 15 is 0 Å². The van der Waals surface area contributed by atoms with E-state index < -0.39 is 10.7 Å². The van der Waals surface area contributed by atoms with Crippen LogP contribution in [0.2, 0.25) is 0 Å². The maximum atomic E-state index is 9.91. The van der Waals surface area contributed by atoms with Crippen molar-refractivity contribution in [1.29, 1.82) is 0 Å². The minimum atomic E-state index is -2.11. The lowest BCUT2D eigenvalue weighted by Gasteiger charge is -1.86.